The predicted octanol–water partition coefficient (Wildman–Crippen LogP) is 2.74. The van der Waals surface area contributed by atoms with Gasteiger partial charge in [-0.3, -0.25) is 19.5 Å². The van der Waals surface area contributed by atoms with Crippen LogP contribution in [0.5, 0.6) is 0 Å². The zero-order valence-electron chi connectivity index (χ0n) is 16.9. The lowest BCUT2D eigenvalue weighted by Crippen LogP contribution is -2.48. The number of anilines is 2. The van der Waals surface area contributed by atoms with E-state index in [4.69, 9.17) is 5.73 Å². The number of nitrogens with two attached hydrogens (primary N) is 1. The number of carbonyl (C=O) groups excluding carboxylic acids is 2. The predicted molar refractivity (Wildman–Crippen MR) is 121 cm³/mol. The van der Waals surface area contributed by atoms with Crippen LogP contribution in [0.25, 0.3) is 0 Å². The molecule has 1 atom stereocenters. The van der Waals surface area contributed by atoms with Crippen LogP contribution in [0.3, 0.4) is 0 Å². The van der Waals surface area contributed by atoms with Crippen molar-refractivity contribution in [2.24, 2.45) is 10.7 Å². The Balaban J connectivity index is 1.52. The highest BCUT2D eigenvalue weighted by Crippen LogP contribution is 2.30. The Morgan fingerprint density at radius 1 is 0.935 bits per heavy atom. The zero-order chi connectivity index (χ0) is 21.4. The van der Waals surface area contributed by atoms with E-state index in [0.717, 1.165) is 28.8 Å². The Labute approximate surface area is 180 Å². The first-order valence-corrected chi connectivity index (χ1v) is 10.3. The van der Waals surface area contributed by atoms with Crippen molar-refractivity contribution in [1.82, 2.24) is 0 Å². The number of aliphatic imine (C=N–C) groups is 1. The minimum Gasteiger partial charge on any atom is -0.310 e. The average molecular weight is 410 g/mol. The summed E-state index contributed by atoms with van der Waals surface area (Å²) < 4.78 is 0. The quantitative estimate of drug-likeness (QED) is 0.721. The summed E-state index contributed by atoms with van der Waals surface area (Å²) in [4.78, 5) is 34.2. The molecule has 0 bridgehead atoms. The Morgan fingerprint density at radius 3 is 2.42 bits per heavy atom. The van der Waals surface area contributed by atoms with Gasteiger partial charge in [0.2, 0.25) is 5.91 Å². The lowest BCUT2D eigenvalue weighted by Gasteiger charge is -2.26. The van der Waals surface area contributed by atoms with Crippen LogP contribution in [-0.2, 0) is 16.0 Å². The van der Waals surface area contributed by atoms with E-state index < -0.39 is 6.17 Å². The number of amides is 2. The Morgan fingerprint density at radius 2 is 1.61 bits per heavy atom. The SMILES string of the molecule is NC1N=C(c2ccccc2)c2ccccc2N(CC(=O)N2CCc3ccccc32)C1=O. The third-order valence-electron chi connectivity index (χ3n) is 5.77. The van der Waals surface area contributed by atoms with Crippen LogP contribution in [0.4, 0.5) is 11.4 Å². The third-order valence-corrected chi connectivity index (χ3v) is 5.77. The molecule has 0 radical (unpaired) electrons. The molecule has 2 aliphatic heterocycles. The van der Waals surface area contributed by atoms with Crippen molar-refractivity contribution in [2.75, 3.05) is 22.9 Å². The summed E-state index contributed by atoms with van der Waals surface area (Å²) in [6.45, 7) is 0.523. The van der Waals surface area contributed by atoms with Crippen LogP contribution in [0, 0.1) is 0 Å². The fraction of sp³-hybridized carbons (Fsp3) is 0.160. The van der Waals surface area contributed by atoms with Crippen molar-refractivity contribution in [3.8, 4) is 0 Å². The number of hydrogen-bond acceptors (Lipinski definition) is 4. The molecule has 1 unspecified atom stereocenters. The molecule has 0 saturated heterocycles. The summed E-state index contributed by atoms with van der Waals surface area (Å²) in [6, 6.07) is 25.0. The molecule has 5 rings (SSSR count). The topological polar surface area (TPSA) is 79.0 Å². The molecule has 3 aromatic carbocycles. The van der Waals surface area contributed by atoms with Crippen molar-refractivity contribution in [3.63, 3.8) is 0 Å². The van der Waals surface area contributed by atoms with Crippen LogP contribution < -0.4 is 15.5 Å². The number of benzene rings is 3. The maximum absolute atomic E-state index is 13.3. The minimum absolute atomic E-state index is 0.0878. The van der Waals surface area contributed by atoms with Crippen LogP contribution in [0.1, 0.15) is 16.7 Å². The van der Waals surface area contributed by atoms with Crippen LogP contribution >= 0.6 is 0 Å². The number of carbonyl (C=O) groups is 2. The summed E-state index contributed by atoms with van der Waals surface area (Å²) in [5.41, 5.74) is 11.2. The zero-order valence-corrected chi connectivity index (χ0v) is 16.9. The molecule has 2 amide bonds. The molecule has 31 heavy (non-hydrogen) atoms. The number of hydrogen-bond donors (Lipinski definition) is 1. The number of nitrogens with zero attached hydrogens (tertiary/aromatic N) is 3. The fourth-order valence-corrected chi connectivity index (χ4v) is 4.26. The van der Waals surface area contributed by atoms with Crippen molar-refractivity contribution in [1.29, 1.82) is 0 Å². The van der Waals surface area contributed by atoms with E-state index in [0.29, 0.717) is 17.9 Å². The molecule has 0 aliphatic carbocycles. The standard InChI is InChI=1S/C25H22N4O2/c26-24-25(31)29(16-22(30)28-15-14-17-8-4-6-12-20(17)28)21-13-7-5-11-19(21)23(27-24)18-9-2-1-3-10-18/h1-13,24H,14-16,26H2. The first kappa shape index (κ1) is 19.2. The molecule has 0 spiro atoms. The second-order valence-electron chi connectivity index (χ2n) is 7.65. The van der Waals surface area contributed by atoms with Crippen LogP contribution in [0.2, 0.25) is 0 Å². The maximum atomic E-state index is 13.3. The molecule has 154 valence electrons. The van der Waals surface area contributed by atoms with Gasteiger partial charge in [0.25, 0.3) is 5.91 Å². The number of para-hydroxylation sites is 2. The largest absolute Gasteiger partial charge is 0.310 e. The summed E-state index contributed by atoms with van der Waals surface area (Å²) in [7, 11) is 0. The van der Waals surface area contributed by atoms with Crippen molar-refractivity contribution < 1.29 is 9.59 Å². The molecule has 0 fully saturated rings. The Bertz CT molecular complexity index is 1190. The first-order chi connectivity index (χ1) is 15.1. The molecule has 0 saturated carbocycles. The highest BCUT2D eigenvalue weighted by Gasteiger charge is 2.33. The van der Waals surface area contributed by atoms with Gasteiger partial charge in [-0.05, 0) is 24.1 Å². The van der Waals surface area contributed by atoms with Gasteiger partial charge in [-0.1, -0.05) is 66.7 Å². The second kappa shape index (κ2) is 7.81. The average Bonchev–Trinajstić information content (AvgIpc) is 3.21. The molecule has 3 aromatic rings. The minimum atomic E-state index is -1.08. The lowest BCUT2D eigenvalue weighted by atomic mass is 10.0. The monoisotopic (exact) mass is 410 g/mol. The summed E-state index contributed by atoms with van der Waals surface area (Å²) >= 11 is 0. The summed E-state index contributed by atoms with van der Waals surface area (Å²) in [5, 5.41) is 0. The van der Waals surface area contributed by atoms with E-state index in [-0.39, 0.29) is 18.4 Å². The maximum Gasteiger partial charge on any atom is 0.266 e. The van der Waals surface area contributed by atoms with Crippen LogP contribution in [-0.4, -0.2) is 36.8 Å². The number of rotatable bonds is 3. The van der Waals surface area contributed by atoms with E-state index >= 15 is 0 Å². The van der Waals surface area contributed by atoms with Gasteiger partial charge < -0.3 is 10.6 Å². The van der Waals surface area contributed by atoms with Gasteiger partial charge >= 0.3 is 0 Å². The van der Waals surface area contributed by atoms with Crippen LogP contribution in [0.15, 0.2) is 83.9 Å². The van der Waals surface area contributed by atoms with E-state index in [1.807, 2.05) is 78.9 Å². The van der Waals surface area contributed by atoms with Gasteiger partial charge in [-0.2, -0.15) is 0 Å². The molecule has 6 nitrogen and oxygen atoms in total. The fourth-order valence-electron chi connectivity index (χ4n) is 4.26. The summed E-state index contributed by atoms with van der Waals surface area (Å²) in [6.07, 6.45) is -0.269. The van der Waals surface area contributed by atoms with Gasteiger partial charge in [0.1, 0.15) is 6.54 Å². The molecular weight excluding hydrogens is 388 g/mol. The molecule has 2 N–H and O–H groups in total. The summed E-state index contributed by atoms with van der Waals surface area (Å²) in [5.74, 6) is -0.525. The molecule has 0 aromatic heterocycles. The lowest BCUT2D eigenvalue weighted by molar-refractivity contribution is -0.123. The highest BCUT2D eigenvalue weighted by molar-refractivity contribution is 6.21. The molecule has 6 heteroatoms. The van der Waals surface area contributed by atoms with Gasteiger partial charge in [0.15, 0.2) is 6.17 Å². The first-order valence-electron chi connectivity index (χ1n) is 10.3. The van der Waals surface area contributed by atoms with E-state index in [1.165, 1.54) is 4.90 Å². The Hall–Kier alpha value is -3.77. The normalized spacial score (nSPS) is 17.6. The van der Waals surface area contributed by atoms with E-state index in [1.54, 1.807) is 4.90 Å². The molecule has 2 heterocycles. The molecular formula is C25H22N4O2. The van der Waals surface area contributed by atoms with Gasteiger partial charge in [0, 0.05) is 23.4 Å². The highest BCUT2D eigenvalue weighted by atomic mass is 16.2. The van der Waals surface area contributed by atoms with Gasteiger partial charge in [-0.15, -0.1) is 0 Å². The third kappa shape index (κ3) is 3.41. The van der Waals surface area contributed by atoms with Crippen molar-refractivity contribution in [3.05, 3.63) is 95.6 Å². The number of benzodiazepines with no additional fused rings is 1. The van der Waals surface area contributed by atoms with Gasteiger partial charge in [0.05, 0.1) is 11.4 Å². The van der Waals surface area contributed by atoms with Crippen molar-refractivity contribution in [2.45, 2.75) is 12.6 Å². The molecule has 2 aliphatic rings. The smallest absolute Gasteiger partial charge is 0.266 e. The van der Waals surface area contributed by atoms with E-state index in [9.17, 15) is 9.59 Å². The number of fused-ring (bicyclic) bond motifs is 2. The Kier molecular flexibility index (Phi) is 4.84. The van der Waals surface area contributed by atoms with Gasteiger partial charge in [-0.25, -0.2) is 0 Å². The second-order valence-corrected chi connectivity index (χ2v) is 7.65. The van der Waals surface area contributed by atoms with Crippen molar-refractivity contribution >= 4 is 28.9 Å². The van der Waals surface area contributed by atoms with E-state index in [2.05, 4.69) is 4.99 Å².